The lowest BCUT2D eigenvalue weighted by Crippen LogP contribution is -2.23. The van der Waals surface area contributed by atoms with Crippen LogP contribution in [0.1, 0.15) is 37.6 Å². The molecule has 1 aromatic carbocycles. The Bertz CT molecular complexity index is 416. The first-order chi connectivity index (χ1) is 7.30. The third-order valence-corrected chi connectivity index (χ3v) is 2.54. The first kappa shape index (κ1) is 12.9. The Morgan fingerprint density at radius 2 is 1.88 bits per heavy atom. The Balaban J connectivity index is 2.78. The minimum atomic E-state index is -0.478. The molecule has 16 heavy (non-hydrogen) atoms. The van der Waals surface area contributed by atoms with E-state index in [9.17, 15) is 9.59 Å². The summed E-state index contributed by atoms with van der Waals surface area (Å²) in [5.74, 6) is -0.236. The fourth-order valence-electron chi connectivity index (χ4n) is 1.17. The molecule has 0 radical (unpaired) electrons. The maximum atomic E-state index is 11.8. The van der Waals surface area contributed by atoms with Gasteiger partial charge < -0.3 is 0 Å². The van der Waals surface area contributed by atoms with E-state index in [0.29, 0.717) is 10.6 Å². The summed E-state index contributed by atoms with van der Waals surface area (Å²) in [6.07, 6.45) is -0.0656. The first-order valence-corrected chi connectivity index (χ1v) is 5.50. The van der Waals surface area contributed by atoms with Gasteiger partial charge in [0.05, 0.1) is 6.42 Å². The van der Waals surface area contributed by atoms with E-state index in [2.05, 4.69) is 0 Å². The zero-order valence-corrected chi connectivity index (χ0v) is 10.5. The second-order valence-corrected chi connectivity index (χ2v) is 5.22. The smallest absolute Gasteiger partial charge is 0.170 e. The summed E-state index contributed by atoms with van der Waals surface area (Å²) in [5.41, 5.74) is 0.0129. The number of Topliss-reactive ketones (excluding diaryl/α,β-unsaturated/α-hetero) is 2. The van der Waals surface area contributed by atoms with Crippen LogP contribution in [0.4, 0.5) is 0 Å². The van der Waals surface area contributed by atoms with Crippen LogP contribution < -0.4 is 0 Å². The third-order valence-electron chi connectivity index (χ3n) is 2.30. The number of carbonyl (C=O) groups is 2. The van der Waals surface area contributed by atoms with Gasteiger partial charge in [-0.1, -0.05) is 44.5 Å². The molecule has 86 valence electrons. The molecule has 0 aliphatic carbocycles. The molecule has 2 nitrogen and oxygen atoms in total. The van der Waals surface area contributed by atoms with Gasteiger partial charge in [-0.25, -0.2) is 0 Å². The topological polar surface area (TPSA) is 34.1 Å². The van der Waals surface area contributed by atoms with Gasteiger partial charge in [0.2, 0.25) is 0 Å². The van der Waals surface area contributed by atoms with Gasteiger partial charge in [0.15, 0.2) is 5.78 Å². The molecule has 0 N–H and O–H groups in total. The molecular formula is C13H15ClO2. The summed E-state index contributed by atoms with van der Waals surface area (Å²) in [7, 11) is 0. The highest BCUT2D eigenvalue weighted by Crippen LogP contribution is 2.19. The van der Waals surface area contributed by atoms with Crippen LogP contribution >= 0.6 is 11.6 Å². The average Bonchev–Trinajstić information content (AvgIpc) is 2.16. The molecule has 0 spiro atoms. The van der Waals surface area contributed by atoms with Crippen molar-refractivity contribution in [3.8, 4) is 0 Å². The third kappa shape index (κ3) is 3.46. The lowest BCUT2D eigenvalue weighted by atomic mass is 9.87. The van der Waals surface area contributed by atoms with Crippen molar-refractivity contribution in [2.75, 3.05) is 0 Å². The molecule has 1 aromatic rings. The number of hydrogen-bond acceptors (Lipinski definition) is 2. The maximum absolute atomic E-state index is 11.8. The van der Waals surface area contributed by atoms with Gasteiger partial charge in [-0.2, -0.15) is 0 Å². The van der Waals surface area contributed by atoms with Crippen LogP contribution in [-0.4, -0.2) is 11.6 Å². The second kappa shape index (κ2) is 4.79. The zero-order chi connectivity index (χ0) is 12.3. The van der Waals surface area contributed by atoms with Crippen molar-refractivity contribution in [1.82, 2.24) is 0 Å². The van der Waals surface area contributed by atoms with Crippen LogP contribution in [0.2, 0.25) is 5.02 Å². The van der Waals surface area contributed by atoms with Gasteiger partial charge in [0, 0.05) is 16.0 Å². The average molecular weight is 239 g/mol. The van der Waals surface area contributed by atoms with Crippen LogP contribution in [0.3, 0.4) is 0 Å². The highest BCUT2D eigenvalue weighted by molar-refractivity contribution is 6.31. The summed E-state index contributed by atoms with van der Waals surface area (Å²) < 4.78 is 0. The number of hydrogen-bond donors (Lipinski definition) is 0. The van der Waals surface area contributed by atoms with Crippen LogP contribution in [0.25, 0.3) is 0 Å². The quantitative estimate of drug-likeness (QED) is 0.596. The Hall–Kier alpha value is -1.15. The molecule has 0 saturated heterocycles. The second-order valence-electron chi connectivity index (χ2n) is 4.78. The van der Waals surface area contributed by atoms with Crippen LogP contribution in [0, 0.1) is 5.41 Å². The van der Waals surface area contributed by atoms with E-state index >= 15 is 0 Å². The lowest BCUT2D eigenvalue weighted by molar-refractivity contribution is -0.125. The molecule has 0 aliphatic rings. The highest BCUT2D eigenvalue weighted by atomic mass is 35.5. The molecule has 1 rings (SSSR count). The number of benzene rings is 1. The summed E-state index contributed by atoms with van der Waals surface area (Å²) in [6.45, 7) is 5.42. The number of halogens is 1. The van der Waals surface area contributed by atoms with Crippen molar-refractivity contribution >= 4 is 23.2 Å². The van der Waals surface area contributed by atoms with Gasteiger partial charge in [0.25, 0.3) is 0 Å². The van der Waals surface area contributed by atoms with Gasteiger partial charge in [-0.15, -0.1) is 0 Å². The number of rotatable bonds is 3. The zero-order valence-electron chi connectivity index (χ0n) is 9.71. The monoisotopic (exact) mass is 238 g/mol. The van der Waals surface area contributed by atoms with E-state index in [1.165, 1.54) is 0 Å². The van der Waals surface area contributed by atoms with E-state index in [1.807, 2.05) is 0 Å². The molecule has 0 atom stereocenters. The van der Waals surface area contributed by atoms with Crippen LogP contribution in [-0.2, 0) is 4.79 Å². The normalized spacial score (nSPS) is 11.2. The van der Waals surface area contributed by atoms with E-state index in [4.69, 9.17) is 11.6 Å². The minimum Gasteiger partial charge on any atom is -0.299 e. The molecule has 0 bridgehead atoms. The molecule has 0 fully saturated rings. The molecule has 0 heterocycles. The summed E-state index contributed by atoms with van der Waals surface area (Å²) in [6, 6.07) is 6.66. The Labute approximate surface area is 101 Å². The summed E-state index contributed by atoms with van der Waals surface area (Å²) >= 11 is 5.78. The fourth-order valence-corrected chi connectivity index (χ4v) is 1.37. The van der Waals surface area contributed by atoms with Crippen molar-refractivity contribution in [1.29, 1.82) is 0 Å². The van der Waals surface area contributed by atoms with Crippen LogP contribution in [0.5, 0.6) is 0 Å². The molecule has 3 heteroatoms. The molecule has 0 saturated carbocycles. The largest absolute Gasteiger partial charge is 0.299 e. The highest BCUT2D eigenvalue weighted by Gasteiger charge is 2.24. The first-order valence-electron chi connectivity index (χ1n) is 5.13. The predicted octanol–water partition coefficient (Wildman–Crippen LogP) is 3.53. The van der Waals surface area contributed by atoms with Crippen molar-refractivity contribution in [3.63, 3.8) is 0 Å². The Morgan fingerprint density at radius 3 is 2.38 bits per heavy atom. The van der Waals surface area contributed by atoms with Crippen LogP contribution in [0.15, 0.2) is 24.3 Å². The molecule has 0 aliphatic heterocycles. The number of ketones is 2. The molecule has 0 aromatic heterocycles. The van der Waals surface area contributed by atoms with E-state index < -0.39 is 5.41 Å². The standard InChI is InChI=1S/C13H15ClO2/c1-13(2,3)12(16)8-11(15)9-5-4-6-10(14)7-9/h4-7H,8H2,1-3H3. The summed E-state index contributed by atoms with van der Waals surface area (Å²) in [4.78, 5) is 23.5. The van der Waals surface area contributed by atoms with Gasteiger partial charge in [-0.3, -0.25) is 9.59 Å². The fraction of sp³-hybridized carbons (Fsp3) is 0.385. The van der Waals surface area contributed by atoms with Crippen molar-refractivity contribution in [2.24, 2.45) is 5.41 Å². The van der Waals surface area contributed by atoms with Crippen molar-refractivity contribution in [2.45, 2.75) is 27.2 Å². The molecule has 0 unspecified atom stereocenters. The molecule has 0 amide bonds. The lowest BCUT2D eigenvalue weighted by Gasteiger charge is -2.15. The Morgan fingerprint density at radius 1 is 1.25 bits per heavy atom. The van der Waals surface area contributed by atoms with Crippen molar-refractivity contribution < 1.29 is 9.59 Å². The minimum absolute atomic E-state index is 0.0579. The predicted molar refractivity (Wildman–Crippen MR) is 64.9 cm³/mol. The summed E-state index contributed by atoms with van der Waals surface area (Å²) in [5, 5.41) is 0.508. The molecular weight excluding hydrogens is 224 g/mol. The number of carbonyl (C=O) groups excluding carboxylic acids is 2. The van der Waals surface area contributed by atoms with E-state index in [1.54, 1.807) is 45.0 Å². The Kier molecular flexibility index (Phi) is 3.87. The SMILES string of the molecule is CC(C)(C)C(=O)CC(=O)c1cccc(Cl)c1. The van der Waals surface area contributed by atoms with Gasteiger partial charge >= 0.3 is 0 Å². The maximum Gasteiger partial charge on any atom is 0.170 e. The van der Waals surface area contributed by atoms with E-state index in [-0.39, 0.29) is 18.0 Å². The van der Waals surface area contributed by atoms with Gasteiger partial charge in [0.1, 0.15) is 5.78 Å². The van der Waals surface area contributed by atoms with E-state index in [0.717, 1.165) is 0 Å². The van der Waals surface area contributed by atoms with Crippen molar-refractivity contribution in [3.05, 3.63) is 34.9 Å². The van der Waals surface area contributed by atoms with Gasteiger partial charge in [-0.05, 0) is 12.1 Å².